The van der Waals surface area contributed by atoms with Crippen LogP contribution in [0.1, 0.15) is 51.5 Å². The third kappa shape index (κ3) is 6.31. The highest BCUT2D eigenvalue weighted by Gasteiger charge is 2.40. The van der Waals surface area contributed by atoms with Crippen LogP contribution in [0.15, 0.2) is 29.3 Å². The Labute approximate surface area is 150 Å². The molecule has 5 heteroatoms. The first-order chi connectivity index (χ1) is 12.0. The monoisotopic (exact) mass is 349 g/mol. The number of nitrogens with one attached hydrogen (secondary N) is 2. The summed E-state index contributed by atoms with van der Waals surface area (Å²) in [5.74, 6) is 1.86. The Morgan fingerprint density at radius 2 is 2.12 bits per heavy atom. The van der Waals surface area contributed by atoms with Gasteiger partial charge in [0.1, 0.15) is 5.82 Å². The zero-order valence-corrected chi connectivity index (χ0v) is 15.6. The molecule has 25 heavy (non-hydrogen) atoms. The van der Waals surface area contributed by atoms with Crippen molar-refractivity contribution < 1.29 is 9.50 Å². The van der Waals surface area contributed by atoms with Crippen LogP contribution in [-0.4, -0.2) is 36.8 Å². The minimum Gasteiger partial charge on any atom is -0.396 e. The fourth-order valence-electron chi connectivity index (χ4n) is 3.32. The Kier molecular flexibility index (Phi) is 7.69. The summed E-state index contributed by atoms with van der Waals surface area (Å²) in [6, 6.07) is 7.24. The van der Waals surface area contributed by atoms with Gasteiger partial charge < -0.3 is 15.7 Å². The molecule has 1 aliphatic rings. The van der Waals surface area contributed by atoms with Crippen molar-refractivity contribution in [1.82, 2.24) is 10.6 Å². The molecule has 0 amide bonds. The van der Waals surface area contributed by atoms with E-state index in [-0.39, 0.29) is 24.4 Å². The number of halogens is 1. The Bertz CT molecular complexity index is 562. The van der Waals surface area contributed by atoms with Crippen LogP contribution in [0.5, 0.6) is 0 Å². The largest absolute Gasteiger partial charge is 0.396 e. The van der Waals surface area contributed by atoms with Crippen molar-refractivity contribution in [3.8, 4) is 0 Å². The van der Waals surface area contributed by atoms with E-state index < -0.39 is 0 Å². The number of rotatable bonds is 9. The van der Waals surface area contributed by atoms with Gasteiger partial charge in [-0.15, -0.1) is 0 Å². The Morgan fingerprint density at radius 3 is 2.76 bits per heavy atom. The number of nitrogens with zero attached hydrogens (tertiary/aromatic N) is 1. The van der Waals surface area contributed by atoms with Gasteiger partial charge in [-0.05, 0) is 49.7 Å². The van der Waals surface area contributed by atoms with Crippen molar-refractivity contribution in [2.75, 3.05) is 19.7 Å². The maximum atomic E-state index is 13.9. The van der Waals surface area contributed by atoms with Gasteiger partial charge in [0.15, 0.2) is 5.96 Å². The van der Waals surface area contributed by atoms with Gasteiger partial charge in [0.25, 0.3) is 0 Å². The van der Waals surface area contributed by atoms with E-state index in [1.54, 1.807) is 6.07 Å². The standard InChI is InChI=1S/C20H32FN3O/c1-4-22-20(23-13-15(9-10-25)11-14(2)3)24-19-12-17(19)16-7-5-6-8-18(16)21/h5-8,14-15,17,19,25H,4,9-13H2,1-3H3,(H2,22,23,24). The molecule has 3 unspecified atom stereocenters. The molecule has 0 bridgehead atoms. The van der Waals surface area contributed by atoms with Crippen LogP contribution in [0.4, 0.5) is 4.39 Å². The second-order valence-corrected chi connectivity index (χ2v) is 7.34. The molecule has 1 aromatic rings. The fraction of sp³-hybridized carbons (Fsp3) is 0.650. The first kappa shape index (κ1) is 19.7. The lowest BCUT2D eigenvalue weighted by molar-refractivity contribution is 0.245. The second kappa shape index (κ2) is 9.76. The molecule has 0 heterocycles. The highest BCUT2D eigenvalue weighted by molar-refractivity contribution is 5.80. The predicted molar refractivity (Wildman–Crippen MR) is 101 cm³/mol. The van der Waals surface area contributed by atoms with Gasteiger partial charge in [0, 0.05) is 31.7 Å². The quantitative estimate of drug-likeness (QED) is 0.474. The zero-order valence-electron chi connectivity index (χ0n) is 15.6. The van der Waals surface area contributed by atoms with Crippen molar-refractivity contribution in [1.29, 1.82) is 0 Å². The number of aliphatic hydroxyl groups is 1. The summed E-state index contributed by atoms with van der Waals surface area (Å²) in [4.78, 5) is 4.71. The van der Waals surface area contributed by atoms with Gasteiger partial charge in [0.2, 0.25) is 0 Å². The third-order valence-corrected chi connectivity index (χ3v) is 4.61. The van der Waals surface area contributed by atoms with Crippen molar-refractivity contribution in [3.63, 3.8) is 0 Å². The average molecular weight is 349 g/mol. The molecular formula is C20H32FN3O. The lowest BCUT2D eigenvalue weighted by Crippen LogP contribution is -2.39. The lowest BCUT2D eigenvalue weighted by Gasteiger charge is -2.17. The second-order valence-electron chi connectivity index (χ2n) is 7.34. The number of aliphatic imine (C=N–C) groups is 1. The van der Waals surface area contributed by atoms with Gasteiger partial charge in [0.05, 0.1) is 0 Å². The summed E-state index contributed by atoms with van der Waals surface area (Å²) in [5, 5.41) is 15.9. The van der Waals surface area contributed by atoms with E-state index in [9.17, 15) is 9.50 Å². The Hall–Kier alpha value is -1.62. The number of guanidine groups is 1. The van der Waals surface area contributed by atoms with Gasteiger partial charge in [-0.25, -0.2) is 4.39 Å². The third-order valence-electron chi connectivity index (χ3n) is 4.61. The van der Waals surface area contributed by atoms with Crippen molar-refractivity contribution in [2.24, 2.45) is 16.8 Å². The summed E-state index contributed by atoms with van der Waals surface area (Å²) in [7, 11) is 0. The molecule has 3 atom stereocenters. The minimum absolute atomic E-state index is 0.126. The molecule has 2 rings (SSSR count). The summed E-state index contributed by atoms with van der Waals surface area (Å²) in [6.45, 7) is 8.12. The maximum absolute atomic E-state index is 13.9. The van der Waals surface area contributed by atoms with Gasteiger partial charge in [-0.1, -0.05) is 32.0 Å². The average Bonchev–Trinajstić information content (AvgIpc) is 3.31. The van der Waals surface area contributed by atoms with E-state index in [0.29, 0.717) is 18.4 Å². The van der Waals surface area contributed by atoms with Crippen LogP contribution in [0.3, 0.4) is 0 Å². The number of aliphatic hydroxyl groups excluding tert-OH is 1. The van der Waals surface area contributed by atoms with E-state index in [0.717, 1.165) is 37.3 Å². The first-order valence-corrected chi connectivity index (χ1v) is 9.45. The van der Waals surface area contributed by atoms with Crippen molar-refractivity contribution >= 4 is 5.96 Å². The highest BCUT2D eigenvalue weighted by Crippen LogP contribution is 2.41. The molecule has 1 fully saturated rings. The van der Waals surface area contributed by atoms with Gasteiger partial charge in [-0.3, -0.25) is 4.99 Å². The molecule has 0 aromatic heterocycles. The van der Waals surface area contributed by atoms with Crippen LogP contribution in [0.2, 0.25) is 0 Å². The fourth-order valence-corrected chi connectivity index (χ4v) is 3.32. The van der Waals surface area contributed by atoms with E-state index in [4.69, 9.17) is 4.99 Å². The molecule has 1 saturated carbocycles. The van der Waals surface area contributed by atoms with Crippen LogP contribution < -0.4 is 10.6 Å². The van der Waals surface area contributed by atoms with Crippen LogP contribution in [-0.2, 0) is 0 Å². The van der Waals surface area contributed by atoms with Gasteiger partial charge >= 0.3 is 0 Å². The molecule has 140 valence electrons. The molecule has 0 aliphatic heterocycles. The first-order valence-electron chi connectivity index (χ1n) is 9.45. The summed E-state index contributed by atoms with van der Waals surface area (Å²) in [5.41, 5.74) is 0.786. The van der Waals surface area contributed by atoms with E-state index in [1.165, 1.54) is 6.07 Å². The predicted octanol–water partition coefficient (Wildman–Crippen LogP) is 3.28. The molecule has 0 saturated heterocycles. The normalized spacial score (nSPS) is 21.3. The molecule has 4 nitrogen and oxygen atoms in total. The zero-order chi connectivity index (χ0) is 18.2. The molecule has 0 radical (unpaired) electrons. The SMILES string of the molecule is CCNC(=NCC(CCO)CC(C)C)NC1CC1c1ccccc1F. The molecule has 1 aromatic carbocycles. The molecule has 3 N–H and O–H groups in total. The Balaban J connectivity index is 1.93. The van der Waals surface area contributed by atoms with Gasteiger partial charge in [-0.2, -0.15) is 0 Å². The number of hydrogen-bond acceptors (Lipinski definition) is 2. The van der Waals surface area contributed by atoms with Crippen LogP contribution in [0, 0.1) is 17.7 Å². The molecule has 1 aliphatic carbocycles. The van der Waals surface area contributed by atoms with Crippen molar-refractivity contribution in [2.45, 2.75) is 52.0 Å². The van der Waals surface area contributed by atoms with Crippen molar-refractivity contribution in [3.05, 3.63) is 35.6 Å². The summed E-state index contributed by atoms with van der Waals surface area (Å²) < 4.78 is 13.9. The van der Waals surface area contributed by atoms with Crippen LogP contribution in [0.25, 0.3) is 0 Å². The Morgan fingerprint density at radius 1 is 1.36 bits per heavy atom. The minimum atomic E-state index is -0.126. The number of benzene rings is 1. The summed E-state index contributed by atoms with van der Waals surface area (Å²) >= 11 is 0. The van der Waals surface area contributed by atoms with E-state index in [1.807, 2.05) is 19.1 Å². The van der Waals surface area contributed by atoms with Crippen LogP contribution >= 0.6 is 0 Å². The molecule has 0 spiro atoms. The topological polar surface area (TPSA) is 56.7 Å². The lowest BCUT2D eigenvalue weighted by atomic mass is 9.94. The van der Waals surface area contributed by atoms with E-state index in [2.05, 4.69) is 24.5 Å². The summed E-state index contributed by atoms with van der Waals surface area (Å²) in [6.07, 6.45) is 2.77. The maximum Gasteiger partial charge on any atom is 0.191 e. The molecular weight excluding hydrogens is 317 g/mol. The highest BCUT2D eigenvalue weighted by atomic mass is 19.1. The smallest absolute Gasteiger partial charge is 0.191 e. The number of hydrogen-bond donors (Lipinski definition) is 3. The van der Waals surface area contributed by atoms with E-state index >= 15 is 0 Å².